The second-order valence-corrected chi connectivity index (χ2v) is 7.38. The molecule has 0 saturated heterocycles. The van der Waals surface area contributed by atoms with E-state index >= 15 is 0 Å². The topological polar surface area (TPSA) is 120 Å². The molecular weight excluding hydrogens is 352 g/mol. The third-order valence-electron chi connectivity index (χ3n) is 5.11. The fourth-order valence-electron chi connectivity index (χ4n) is 3.36. The highest BCUT2D eigenvalue weighted by Gasteiger charge is 2.22. The molecule has 7 heteroatoms. The van der Waals surface area contributed by atoms with E-state index in [1.165, 1.54) is 0 Å². The van der Waals surface area contributed by atoms with Gasteiger partial charge in [-0.15, -0.1) is 0 Å². The SMILES string of the molecule is CCCCNc1ncc(C(=N)c2ccc(N)cc2)c(NC2CCC(O)CC2)n1. The molecule has 0 aliphatic heterocycles. The number of nitrogen functional groups attached to an aromatic ring is 1. The largest absolute Gasteiger partial charge is 0.399 e. The van der Waals surface area contributed by atoms with Crippen molar-refractivity contribution in [2.75, 3.05) is 22.9 Å². The van der Waals surface area contributed by atoms with E-state index in [4.69, 9.17) is 11.1 Å². The molecule has 1 aromatic carbocycles. The van der Waals surface area contributed by atoms with Crippen LogP contribution in [0.15, 0.2) is 30.5 Å². The number of anilines is 3. The highest BCUT2D eigenvalue weighted by Crippen LogP contribution is 2.25. The molecule has 6 N–H and O–H groups in total. The van der Waals surface area contributed by atoms with Crippen molar-refractivity contribution in [2.24, 2.45) is 0 Å². The van der Waals surface area contributed by atoms with E-state index < -0.39 is 0 Å². The maximum atomic E-state index is 9.76. The number of nitrogens with one attached hydrogen (secondary N) is 3. The normalized spacial score (nSPS) is 19.2. The minimum atomic E-state index is -0.206. The number of aromatic nitrogens is 2. The minimum absolute atomic E-state index is 0.206. The molecule has 1 aliphatic rings. The number of hydrogen-bond acceptors (Lipinski definition) is 7. The summed E-state index contributed by atoms with van der Waals surface area (Å²) < 4.78 is 0. The lowest BCUT2D eigenvalue weighted by Crippen LogP contribution is -2.29. The molecule has 7 nitrogen and oxygen atoms in total. The van der Waals surface area contributed by atoms with E-state index in [1.807, 2.05) is 12.1 Å². The third-order valence-corrected chi connectivity index (χ3v) is 5.11. The molecule has 1 fully saturated rings. The number of hydrogen-bond donors (Lipinski definition) is 5. The van der Waals surface area contributed by atoms with Crippen LogP contribution in [-0.2, 0) is 0 Å². The van der Waals surface area contributed by atoms with E-state index in [9.17, 15) is 5.11 Å². The fraction of sp³-hybridized carbons (Fsp3) is 0.476. The number of aliphatic hydroxyl groups excluding tert-OH is 1. The summed E-state index contributed by atoms with van der Waals surface area (Å²) in [7, 11) is 0. The molecule has 1 heterocycles. The molecule has 2 aromatic rings. The highest BCUT2D eigenvalue weighted by atomic mass is 16.3. The van der Waals surface area contributed by atoms with Crippen LogP contribution in [0, 0.1) is 5.41 Å². The zero-order chi connectivity index (χ0) is 19.9. The van der Waals surface area contributed by atoms with Gasteiger partial charge in [-0.3, -0.25) is 5.41 Å². The number of benzene rings is 1. The number of nitrogens with two attached hydrogens (primary N) is 1. The van der Waals surface area contributed by atoms with Crippen LogP contribution in [0.1, 0.15) is 56.6 Å². The van der Waals surface area contributed by atoms with Crippen LogP contribution in [0.5, 0.6) is 0 Å². The van der Waals surface area contributed by atoms with Gasteiger partial charge in [0, 0.05) is 30.0 Å². The molecule has 0 bridgehead atoms. The van der Waals surface area contributed by atoms with Gasteiger partial charge in [-0.1, -0.05) is 25.5 Å². The van der Waals surface area contributed by atoms with Gasteiger partial charge in [0.1, 0.15) is 5.82 Å². The number of nitrogens with zero attached hydrogens (tertiary/aromatic N) is 2. The molecule has 1 aliphatic carbocycles. The van der Waals surface area contributed by atoms with Gasteiger partial charge in [-0.25, -0.2) is 4.98 Å². The molecule has 0 amide bonds. The average molecular weight is 383 g/mol. The molecule has 1 saturated carbocycles. The van der Waals surface area contributed by atoms with Crippen LogP contribution in [-0.4, -0.2) is 39.5 Å². The van der Waals surface area contributed by atoms with E-state index in [0.29, 0.717) is 28.7 Å². The Kier molecular flexibility index (Phi) is 6.81. The molecule has 0 radical (unpaired) electrons. The lowest BCUT2D eigenvalue weighted by molar-refractivity contribution is 0.126. The molecule has 150 valence electrons. The van der Waals surface area contributed by atoms with Crippen molar-refractivity contribution in [3.63, 3.8) is 0 Å². The summed E-state index contributed by atoms with van der Waals surface area (Å²) in [5, 5.41) is 25.2. The predicted octanol–water partition coefficient (Wildman–Crippen LogP) is 3.40. The molecule has 0 atom stereocenters. The molecule has 0 spiro atoms. The summed E-state index contributed by atoms with van der Waals surface area (Å²) in [5.74, 6) is 1.23. The number of rotatable bonds is 8. The standard InChI is InChI=1S/C21H30N6O/c1-2-3-12-24-21-25-13-18(19(23)14-4-6-15(22)7-5-14)20(27-21)26-16-8-10-17(28)11-9-16/h4-7,13,16-17,23,28H,2-3,8-12,22H2,1H3,(H2,24,25,26,27). The summed E-state index contributed by atoms with van der Waals surface area (Å²) >= 11 is 0. The van der Waals surface area contributed by atoms with Crippen LogP contribution in [0.3, 0.4) is 0 Å². The summed E-state index contributed by atoms with van der Waals surface area (Å²) in [6.07, 6.45) is 7.00. The Hall–Kier alpha value is -2.67. The Morgan fingerprint density at radius 1 is 1.21 bits per heavy atom. The lowest BCUT2D eigenvalue weighted by atomic mass is 9.93. The third kappa shape index (κ3) is 5.19. The van der Waals surface area contributed by atoms with Crippen LogP contribution >= 0.6 is 0 Å². The van der Waals surface area contributed by atoms with Crippen LogP contribution < -0.4 is 16.4 Å². The quantitative estimate of drug-likeness (QED) is 0.271. The Morgan fingerprint density at radius 3 is 2.61 bits per heavy atom. The fourth-order valence-corrected chi connectivity index (χ4v) is 3.36. The van der Waals surface area contributed by atoms with Gasteiger partial charge in [-0.2, -0.15) is 4.98 Å². The van der Waals surface area contributed by atoms with Crippen molar-refractivity contribution < 1.29 is 5.11 Å². The maximum absolute atomic E-state index is 9.76. The Labute approximate surface area is 166 Å². The van der Waals surface area contributed by atoms with Crippen molar-refractivity contribution in [1.82, 2.24) is 9.97 Å². The second kappa shape index (κ2) is 9.50. The Bertz CT molecular complexity index is 784. The second-order valence-electron chi connectivity index (χ2n) is 7.38. The van der Waals surface area contributed by atoms with Gasteiger partial charge in [0.05, 0.1) is 17.4 Å². The Morgan fingerprint density at radius 2 is 1.93 bits per heavy atom. The van der Waals surface area contributed by atoms with Crippen LogP contribution in [0.4, 0.5) is 17.5 Å². The molecule has 28 heavy (non-hydrogen) atoms. The van der Waals surface area contributed by atoms with Crippen LogP contribution in [0.2, 0.25) is 0 Å². The van der Waals surface area contributed by atoms with E-state index in [-0.39, 0.29) is 12.1 Å². The molecule has 0 unspecified atom stereocenters. The van der Waals surface area contributed by atoms with Gasteiger partial charge in [-0.05, 0) is 44.2 Å². The first-order valence-electron chi connectivity index (χ1n) is 10.1. The summed E-state index contributed by atoms with van der Waals surface area (Å²) in [6, 6.07) is 7.50. The van der Waals surface area contributed by atoms with Crippen molar-refractivity contribution in [3.05, 3.63) is 41.6 Å². The van der Waals surface area contributed by atoms with E-state index in [2.05, 4.69) is 27.5 Å². The summed E-state index contributed by atoms with van der Waals surface area (Å²) in [5.41, 5.74) is 8.23. The zero-order valence-corrected chi connectivity index (χ0v) is 16.4. The van der Waals surface area contributed by atoms with Crippen molar-refractivity contribution in [1.29, 1.82) is 5.41 Å². The van der Waals surface area contributed by atoms with Crippen LogP contribution in [0.25, 0.3) is 0 Å². The predicted molar refractivity (Wildman–Crippen MR) is 114 cm³/mol. The molecule has 3 rings (SSSR count). The molecule has 1 aromatic heterocycles. The van der Waals surface area contributed by atoms with Crippen molar-refractivity contribution in [3.8, 4) is 0 Å². The van der Waals surface area contributed by atoms with Gasteiger partial charge >= 0.3 is 0 Å². The van der Waals surface area contributed by atoms with Crippen molar-refractivity contribution >= 4 is 23.2 Å². The van der Waals surface area contributed by atoms with E-state index in [0.717, 1.165) is 50.6 Å². The van der Waals surface area contributed by atoms with Gasteiger partial charge < -0.3 is 21.5 Å². The number of aliphatic hydroxyl groups is 1. The first kappa shape index (κ1) is 20.1. The monoisotopic (exact) mass is 382 g/mol. The lowest BCUT2D eigenvalue weighted by Gasteiger charge is -2.27. The van der Waals surface area contributed by atoms with Crippen molar-refractivity contribution in [2.45, 2.75) is 57.6 Å². The smallest absolute Gasteiger partial charge is 0.224 e. The van der Waals surface area contributed by atoms with Gasteiger partial charge in [0.15, 0.2) is 0 Å². The van der Waals surface area contributed by atoms with E-state index in [1.54, 1.807) is 18.3 Å². The Balaban J connectivity index is 1.84. The minimum Gasteiger partial charge on any atom is -0.399 e. The maximum Gasteiger partial charge on any atom is 0.224 e. The van der Waals surface area contributed by atoms with Gasteiger partial charge in [0.25, 0.3) is 0 Å². The molecular formula is C21H30N6O. The zero-order valence-electron chi connectivity index (χ0n) is 16.4. The summed E-state index contributed by atoms with van der Waals surface area (Å²) in [6.45, 7) is 2.96. The number of unbranched alkanes of at least 4 members (excludes halogenated alkanes) is 1. The van der Waals surface area contributed by atoms with Gasteiger partial charge in [0.2, 0.25) is 5.95 Å². The summed E-state index contributed by atoms with van der Waals surface area (Å²) in [4.78, 5) is 9.07. The first-order valence-corrected chi connectivity index (χ1v) is 10.1. The highest BCUT2D eigenvalue weighted by molar-refractivity contribution is 6.13. The average Bonchev–Trinajstić information content (AvgIpc) is 2.70. The first-order chi connectivity index (χ1) is 13.6.